The first-order chi connectivity index (χ1) is 15.8. The minimum absolute atomic E-state index is 0.0735. The summed E-state index contributed by atoms with van der Waals surface area (Å²) in [4.78, 5) is 52.7. The van der Waals surface area contributed by atoms with Gasteiger partial charge in [-0.25, -0.2) is 10.3 Å². The first-order valence-corrected chi connectivity index (χ1v) is 11.5. The molecule has 10 heteroatoms. The SMILES string of the molecule is CC(C)C[C@@H](C(=O)NN1C(=O)[C@@H]2CNCCN2C1=O)[C@H](CCCc1ccccc1)C(=O)NO. The van der Waals surface area contributed by atoms with Gasteiger partial charge >= 0.3 is 6.03 Å². The molecule has 2 aliphatic heterocycles. The number of hydrogen-bond donors (Lipinski definition) is 4. The fourth-order valence-electron chi connectivity index (χ4n) is 4.55. The van der Waals surface area contributed by atoms with Crippen LogP contribution in [0.3, 0.4) is 0 Å². The maximum atomic E-state index is 13.3. The Morgan fingerprint density at radius 3 is 2.52 bits per heavy atom. The second kappa shape index (κ2) is 11.2. The zero-order valence-electron chi connectivity index (χ0n) is 19.1. The Kier molecular flexibility index (Phi) is 8.40. The molecule has 180 valence electrons. The summed E-state index contributed by atoms with van der Waals surface area (Å²) in [5.41, 5.74) is 5.28. The highest BCUT2D eigenvalue weighted by atomic mass is 16.5. The molecule has 0 saturated carbocycles. The van der Waals surface area contributed by atoms with Gasteiger partial charge in [0.2, 0.25) is 11.8 Å². The zero-order valence-corrected chi connectivity index (χ0v) is 19.1. The largest absolute Gasteiger partial charge is 0.346 e. The molecule has 5 amide bonds. The summed E-state index contributed by atoms with van der Waals surface area (Å²) in [6.07, 6.45) is 2.08. The van der Waals surface area contributed by atoms with Crippen molar-refractivity contribution in [1.29, 1.82) is 0 Å². The maximum absolute atomic E-state index is 13.3. The number of hydroxylamine groups is 1. The van der Waals surface area contributed by atoms with E-state index in [0.717, 1.165) is 17.0 Å². The predicted octanol–water partition coefficient (Wildman–Crippen LogP) is 1.06. The van der Waals surface area contributed by atoms with Crippen LogP contribution >= 0.6 is 0 Å². The van der Waals surface area contributed by atoms with Crippen LogP contribution in [0.5, 0.6) is 0 Å². The van der Waals surface area contributed by atoms with E-state index >= 15 is 0 Å². The van der Waals surface area contributed by atoms with Crippen LogP contribution in [0.15, 0.2) is 30.3 Å². The number of rotatable bonds is 10. The molecule has 4 N–H and O–H groups in total. The van der Waals surface area contributed by atoms with Gasteiger partial charge in [-0.1, -0.05) is 44.2 Å². The zero-order chi connectivity index (χ0) is 24.0. The maximum Gasteiger partial charge on any atom is 0.346 e. The van der Waals surface area contributed by atoms with E-state index in [1.54, 1.807) is 5.48 Å². The van der Waals surface area contributed by atoms with Gasteiger partial charge in [0.15, 0.2) is 0 Å². The van der Waals surface area contributed by atoms with Crippen LogP contribution in [0.4, 0.5) is 4.79 Å². The topological polar surface area (TPSA) is 131 Å². The van der Waals surface area contributed by atoms with Gasteiger partial charge in [0, 0.05) is 19.6 Å². The van der Waals surface area contributed by atoms with Crippen molar-refractivity contribution in [3.8, 4) is 0 Å². The second-order valence-electron chi connectivity index (χ2n) is 9.04. The third kappa shape index (κ3) is 5.88. The van der Waals surface area contributed by atoms with Gasteiger partial charge < -0.3 is 10.2 Å². The van der Waals surface area contributed by atoms with Gasteiger partial charge in [-0.2, -0.15) is 5.01 Å². The molecule has 3 rings (SSSR count). The molecule has 2 saturated heterocycles. The molecular weight excluding hydrogens is 426 g/mol. The lowest BCUT2D eigenvalue weighted by molar-refractivity contribution is -0.145. The lowest BCUT2D eigenvalue weighted by atomic mass is 9.81. The van der Waals surface area contributed by atoms with Crippen molar-refractivity contribution in [2.24, 2.45) is 17.8 Å². The van der Waals surface area contributed by atoms with E-state index in [4.69, 9.17) is 0 Å². The third-order valence-corrected chi connectivity index (χ3v) is 6.23. The molecule has 0 unspecified atom stereocenters. The molecule has 1 aromatic rings. The van der Waals surface area contributed by atoms with Crippen molar-refractivity contribution >= 4 is 23.8 Å². The second-order valence-corrected chi connectivity index (χ2v) is 9.04. The van der Waals surface area contributed by atoms with E-state index in [1.165, 1.54) is 4.90 Å². The number of piperazine rings is 1. The Hall–Kier alpha value is -2.98. The van der Waals surface area contributed by atoms with Gasteiger partial charge in [0.05, 0.1) is 11.8 Å². The average Bonchev–Trinajstić information content (AvgIpc) is 3.05. The lowest BCUT2D eigenvalue weighted by Gasteiger charge is -2.28. The van der Waals surface area contributed by atoms with Gasteiger partial charge in [0.1, 0.15) is 6.04 Å². The number of nitrogens with one attached hydrogen (secondary N) is 3. The molecule has 2 aliphatic rings. The number of amides is 5. The quantitative estimate of drug-likeness (QED) is 0.235. The number of benzene rings is 1. The summed E-state index contributed by atoms with van der Waals surface area (Å²) in [6.45, 7) is 5.15. The highest BCUT2D eigenvalue weighted by Gasteiger charge is 2.48. The smallest absolute Gasteiger partial charge is 0.312 e. The number of hydrogen-bond acceptors (Lipinski definition) is 6. The molecule has 2 fully saturated rings. The Balaban J connectivity index is 1.73. The van der Waals surface area contributed by atoms with Gasteiger partial charge in [-0.3, -0.25) is 25.0 Å². The summed E-state index contributed by atoms with van der Waals surface area (Å²) in [5, 5.41) is 13.2. The van der Waals surface area contributed by atoms with Crippen molar-refractivity contribution < 1.29 is 24.4 Å². The molecule has 0 spiro atoms. The summed E-state index contributed by atoms with van der Waals surface area (Å²) in [7, 11) is 0. The molecule has 0 aliphatic carbocycles. The van der Waals surface area contributed by atoms with Crippen molar-refractivity contribution in [1.82, 2.24) is 26.1 Å². The monoisotopic (exact) mass is 459 g/mol. The summed E-state index contributed by atoms with van der Waals surface area (Å²) < 4.78 is 0. The molecule has 1 aromatic carbocycles. The number of fused-ring (bicyclic) bond motifs is 1. The number of imide groups is 1. The van der Waals surface area contributed by atoms with E-state index in [1.807, 2.05) is 44.2 Å². The van der Waals surface area contributed by atoms with Crippen molar-refractivity contribution in [2.45, 2.75) is 45.6 Å². The Morgan fingerprint density at radius 2 is 1.88 bits per heavy atom. The van der Waals surface area contributed by atoms with Crippen LogP contribution < -0.4 is 16.2 Å². The normalized spacial score (nSPS) is 19.9. The van der Waals surface area contributed by atoms with E-state index in [0.29, 0.717) is 38.9 Å². The molecular formula is C23H33N5O5. The van der Waals surface area contributed by atoms with E-state index in [9.17, 15) is 24.4 Å². The number of carbonyl (C=O) groups is 4. The van der Waals surface area contributed by atoms with E-state index in [2.05, 4.69) is 10.7 Å². The van der Waals surface area contributed by atoms with Crippen molar-refractivity contribution in [2.75, 3.05) is 19.6 Å². The van der Waals surface area contributed by atoms with Crippen LogP contribution in [0.2, 0.25) is 0 Å². The predicted molar refractivity (Wildman–Crippen MR) is 119 cm³/mol. The minimum atomic E-state index is -0.815. The van der Waals surface area contributed by atoms with Crippen LogP contribution in [-0.4, -0.2) is 64.5 Å². The molecule has 10 nitrogen and oxygen atoms in total. The van der Waals surface area contributed by atoms with Crippen LogP contribution in [-0.2, 0) is 20.8 Å². The fourth-order valence-corrected chi connectivity index (χ4v) is 4.55. The standard InChI is InChI=1S/C23H33N5O5/c1-15(2)13-18(17(21(30)26-33)10-6-9-16-7-4-3-5-8-16)20(29)25-28-22(31)19-14-24-11-12-27(19)23(28)32/h3-5,7-8,15,17-19,24,33H,6,9-14H2,1-2H3,(H,25,29)(H,26,30)/t17-,18+,19-/m0/s1. The first-order valence-electron chi connectivity index (χ1n) is 11.5. The molecule has 2 heterocycles. The van der Waals surface area contributed by atoms with E-state index < -0.39 is 41.6 Å². The number of aryl methyl sites for hydroxylation is 1. The molecule has 0 aromatic heterocycles. The molecule has 0 bridgehead atoms. The highest BCUT2D eigenvalue weighted by Crippen LogP contribution is 2.27. The molecule has 3 atom stereocenters. The Labute approximate surface area is 193 Å². The van der Waals surface area contributed by atoms with Gasteiger partial charge in [-0.05, 0) is 37.2 Å². The average molecular weight is 460 g/mol. The van der Waals surface area contributed by atoms with Crippen LogP contribution in [0, 0.1) is 17.8 Å². The Bertz CT molecular complexity index is 838. The van der Waals surface area contributed by atoms with Crippen LogP contribution in [0.1, 0.15) is 38.7 Å². The highest BCUT2D eigenvalue weighted by molar-refractivity contribution is 6.05. The fraction of sp³-hybridized carbons (Fsp3) is 0.565. The van der Waals surface area contributed by atoms with Gasteiger partial charge in [0.25, 0.3) is 5.91 Å². The first kappa shape index (κ1) is 24.7. The number of nitrogens with zero attached hydrogens (tertiary/aromatic N) is 2. The molecule has 0 radical (unpaired) electrons. The summed E-state index contributed by atoms with van der Waals surface area (Å²) in [5.74, 6) is -3.26. The summed E-state index contributed by atoms with van der Waals surface area (Å²) in [6, 6.07) is 8.60. The van der Waals surface area contributed by atoms with Crippen molar-refractivity contribution in [3.63, 3.8) is 0 Å². The van der Waals surface area contributed by atoms with E-state index in [-0.39, 0.29) is 5.92 Å². The lowest BCUT2D eigenvalue weighted by Crippen LogP contribution is -2.51. The third-order valence-electron chi connectivity index (χ3n) is 6.23. The Morgan fingerprint density at radius 1 is 1.15 bits per heavy atom. The number of hydrazine groups is 1. The van der Waals surface area contributed by atoms with Crippen molar-refractivity contribution in [3.05, 3.63) is 35.9 Å². The number of carbonyl (C=O) groups excluding carboxylic acids is 4. The van der Waals surface area contributed by atoms with Crippen LogP contribution in [0.25, 0.3) is 0 Å². The minimum Gasteiger partial charge on any atom is -0.312 e. The molecule has 33 heavy (non-hydrogen) atoms. The van der Waals surface area contributed by atoms with Gasteiger partial charge in [-0.15, -0.1) is 0 Å². The number of urea groups is 1. The summed E-state index contributed by atoms with van der Waals surface area (Å²) >= 11 is 0.